The van der Waals surface area contributed by atoms with Crippen molar-refractivity contribution in [1.82, 2.24) is 5.32 Å². The predicted octanol–water partition coefficient (Wildman–Crippen LogP) is -1.79. The van der Waals surface area contributed by atoms with E-state index in [-0.39, 0.29) is 21.6 Å². The van der Waals surface area contributed by atoms with Crippen LogP contribution in [0.2, 0.25) is 0 Å². The third-order valence-corrected chi connectivity index (χ3v) is 5.16. The van der Waals surface area contributed by atoms with Crippen LogP contribution < -0.4 is 26.9 Å². The van der Waals surface area contributed by atoms with E-state index in [0.717, 1.165) is 13.1 Å². The molecule has 4 heteroatoms. The molecule has 12 heavy (non-hydrogen) atoms. The van der Waals surface area contributed by atoms with Gasteiger partial charge in [0.25, 0.3) is 0 Å². The second-order valence-corrected chi connectivity index (χ2v) is 7.01. The van der Waals surface area contributed by atoms with Gasteiger partial charge in [-0.05, 0) is 0 Å². The number of nitrogens with one attached hydrogen (secondary N) is 1. The molecule has 0 saturated heterocycles. The van der Waals surface area contributed by atoms with Crippen LogP contribution >= 0.6 is 11.3 Å². The minimum atomic E-state index is -0.160. The Labute approximate surface area is 87.1 Å². The molecular formula is C8H11INOS-. The molecule has 0 bridgehead atoms. The summed E-state index contributed by atoms with van der Waals surface area (Å²) in [6.45, 7) is 2.19. The van der Waals surface area contributed by atoms with Crippen LogP contribution in [0.1, 0.15) is 10.4 Å². The molecule has 2 nitrogen and oxygen atoms in total. The van der Waals surface area contributed by atoms with E-state index in [4.69, 9.17) is 3.07 Å². The van der Waals surface area contributed by atoms with Gasteiger partial charge in [0, 0.05) is 0 Å². The first kappa shape index (κ1) is 8.93. The van der Waals surface area contributed by atoms with E-state index in [2.05, 4.69) is 11.4 Å². The summed E-state index contributed by atoms with van der Waals surface area (Å²) in [6.07, 6.45) is 1.20. The van der Waals surface area contributed by atoms with Gasteiger partial charge in [0.2, 0.25) is 0 Å². The van der Waals surface area contributed by atoms with Crippen molar-refractivity contribution in [2.24, 2.45) is 0 Å². The summed E-state index contributed by atoms with van der Waals surface area (Å²) < 4.78 is 6.67. The molecule has 1 aromatic heterocycles. The van der Waals surface area contributed by atoms with E-state index in [1.54, 1.807) is 12.0 Å². The fourth-order valence-electron chi connectivity index (χ4n) is 1.33. The number of fused-ring (bicyclic) bond motifs is 1. The number of halogens is 1. The molecule has 1 aliphatic heterocycles. The molecule has 0 atom stereocenters. The van der Waals surface area contributed by atoms with Crippen molar-refractivity contribution in [3.05, 3.63) is 19.4 Å². The zero-order valence-corrected chi connectivity index (χ0v) is 9.87. The van der Waals surface area contributed by atoms with Crippen LogP contribution in [0.4, 0.5) is 0 Å². The van der Waals surface area contributed by atoms with Gasteiger partial charge in [-0.2, -0.15) is 0 Å². The third-order valence-electron chi connectivity index (χ3n) is 1.86. The van der Waals surface area contributed by atoms with Gasteiger partial charge >= 0.3 is 87.4 Å². The average molecular weight is 296 g/mol. The molecule has 0 fully saturated rings. The Balaban J connectivity index is 2.20. The Morgan fingerprint density at radius 2 is 2.58 bits per heavy atom. The summed E-state index contributed by atoms with van der Waals surface area (Å²) in [7, 11) is 1.80. The molecule has 1 aliphatic rings. The van der Waals surface area contributed by atoms with E-state index in [9.17, 15) is 0 Å². The van der Waals surface area contributed by atoms with Gasteiger partial charge in [0.05, 0.1) is 0 Å². The van der Waals surface area contributed by atoms with Gasteiger partial charge in [-0.15, -0.1) is 0 Å². The topological polar surface area (TPSA) is 21.3 Å². The zero-order valence-electron chi connectivity index (χ0n) is 6.89. The number of hydrogen-bond acceptors (Lipinski definition) is 3. The van der Waals surface area contributed by atoms with Crippen LogP contribution in [-0.4, -0.2) is 13.7 Å². The van der Waals surface area contributed by atoms with E-state index in [1.165, 1.54) is 14.9 Å². The van der Waals surface area contributed by atoms with Crippen LogP contribution in [0.15, 0.2) is 6.07 Å². The van der Waals surface area contributed by atoms with E-state index < -0.39 is 0 Å². The minimum absolute atomic E-state index is 0.160. The maximum absolute atomic E-state index is 5.21. The van der Waals surface area contributed by atoms with Crippen LogP contribution in [0.3, 0.4) is 0 Å². The Kier molecular flexibility index (Phi) is 3.00. The molecule has 0 radical (unpaired) electrons. The first-order valence-electron chi connectivity index (χ1n) is 3.90. The second kappa shape index (κ2) is 4.04. The Morgan fingerprint density at radius 3 is 3.33 bits per heavy atom. The summed E-state index contributed by atoms with van der Waals surface area (Å²) in [6, 6.07) is 2.31. The number of thiophene rings is 1. The Bertz CT molecular complexity index is 251. The fourth-order valence-corrected chi connectivity index (χ4v) is 4.69. The molecule has 1 N–H and O–H groups in total. The van der Waals surface area contributed by atoms with Gasteiger partial charge in [-0.3, -0.25) is 0 Å². The van der Waals surface area contributed by atoms with Crippen LogP contribution in [0, 0.1) is 2.88 Å². The fraction of sp³-hybridized carbons (Fsp3) is 0.500. The number of rotatable bonds is 2. The molecule has 2 heterocycles. The SMILES string of the molecule is CO[I-]c1cc2c(s1)CCNC2. The monoisotopic (exact) mass is 296 g/mol. The van der Waals surface area contributed by atoms with Gasteiger partial charge in [0.1, 0.15) is 0 Å². The van der Waals surface area contributed by atoms with Crippen molar-refractivity contribution in [1.29, 1.82) is 0 Å². The molecule has 0 unspecified atom stereocenters. The standard InChI is InChI=1S/C8H11INOS/c1-11-9-8-4-6-5-10-3-2-7(6)12-8/h4,10H,2-3,5H2,1H3/q-1. The normalized spacial score (nSPS) is 16.4. The quantitative estimate of drug-likeness (QED) is 0.651. The average Bonchev–Trinajstić information content (AvgIpc) is 2.47. The van der Waals surface area contributed by atoms with Crippen molar-refractivity contribution < 1.29 is 24.7 Å². The molecule has 0 aromatic carbocycles. The van der Waals surface area contributed by atoms with Crippen molar-refractivity contribution in [2.75, 3.05) is 13.7 Å². The van der Waals surface area contributed by atoms with E-state index in [0.29, 0.717) is 0 Å². The maximum atomic E-state index is 5.21. The third kappa shape index (κ3) is 1.81. The van der Waals surface area contributed by atoms with E-state index >= 15 is 0 Å². The van der Waals surface area contributed by atoms with Crippen molar-refractivity contribution in [3.8, 4) is 0 Å². The van der Waals surface area contributed by atoms with Gasteiger partial charge < -0.3 is 0 Å². The van der Waals surface area contributed by atoms with Gasteiger partial charge in [-0.1, -0.05) is 0 Å². The summed E-state index contributed by atoms with van der Waals surface area (Å²) in [5.74, 6) is 0. The summed E-state index contributed by atoms with van der Waals surface area (Å²) >= 11 is 1.78. The molecule has 0 aliphatic carbocycles. The molecule has 1 aromatic rings. The van der Waals surface area contributed by atoms with Crippen LogP contribution in [0.5, 0.6) is 0 Å². The zero-order chi connectivity index (χ0) is 8.39. The van der Waals surface area contributed by atoms with Crippen LogP contribution in [0.25, 0.3) is 0 Å². The van der Waals surface area contributed by atoms with Crippen molar-refractivity contribution in [2.45, 2.75) is 13.0 Å². The van der Waals surface area contributed by atoms with Gasteiger partial charge in [-0.25, -0.2) is 0 Å². The molecule has 68 valence electrons. The molecule has 0 spiro atoms. The summed E-state index contributed by atoms with van der Waals surface area (Å²) in [4.78, 5) is 1.57. The van der Waals surface area contributed by atoms with Crippen molar-refractivity contribution in [3.63, 3.8) is 0 Å². The first-order chi connectivity index (χ1) is 5.90. The molecule has 0 amide bonds. The predicted molar refractivity (Wildman–Crippen MR) is 45.4 cm³/mol. The Morgan fingerprint density at radius 1 is 1.67 bits per heavy atom. The Hall–Kier alpha value is 0.350. The summed E-state index contributed by atoms with van der Waals surface area (Å²) in [5, 5.41) is 3.37. The van der Waals surface area contributed by atoms with Gasteiger partial charge in [0.15, 0.2) is 0 Å². The first-order valence-corrected chi connectivity index (χ1v) is 6.68. The molecule has 2 rings (SSSR count). The molecule has 0 saturated carbocycles. The number of hydrogen-bond donors (Lipinski definition) is 1. The van der Waals surface area contributed by atoms with Crippen LogP contribution in [-0.2, 0) is 16.0 Å². The second-order valence-electron chi connectivity index (χ2n) is 2.66. The molecular weight excluding hydrogens is 285 g/mol. The van der Waals surface area contributed by atoms with E-state index in [1.807, 2.05) is 11.3 Å². The summed E-state index contributed by atoms with van der Waals surface area (Å²) in [5.41, 5.74) is 1.50. The van der Waals surface area contributed by atoms with Crippen molar-refractivity contribution >= 4 is 11.3 Å².